The van der Waals surface area contributed by atoms with Crippen LogP contribution in [0.1, 0.15) is 54.2 Å². The lowest BCUT2D eigenvalue weighted by molar-refractivity contribution is -0.142. The van der Waals surface area contributed by atoms with Gasteiger partial charge in [-0.3, -0.25) is 14.5 Å². The van der Waals surface area contributed by atoms with E-state index in [0.29, 0.717) is 87.9 Å². The van der Waals surface area contributed by atoms with Crippen LogP contribution < -0.4 is 9.64 Å². The monoisotopic (exact) mass is 691 g/mol. The largest absolute Gasteiger partial charge is 0.497 e. The second-order valence-electron chi connectivity index (χ2n) is 13.8. The van der Waals surface area contributed by atoms with Crippen LogP contribution in [0.2, 0.25) is 0 Å². The van der Waals surface area contributed by atoms with E-state index >= 15 is 4.39 Å². The molecule has 1 amide bonds. The Morgan fingerprint density at radius 1 is 0.918 bits per heavy atom. The van der Waals surface area contributed by atoms with Gasteiger partial charge in [0.05, 0.1) is 31.1 Å². The predicted octanol–water partition coefficient (Wildman–Crippen LogP) is 5.24. The second-order valence-corrected chi connectivity index (χ2v) is 13.8. The number of piperidine rings is 1. The molecule has 9 nitrogen and oxygen atoms in total. The molecule has 0 aromatic heterocycles. The summed E-state index contributed by atoms with van der Waals surface area (Å²) in [6.07, 6.45) is -2.23. The van der Waals surface area contributed by atoms with E-state index in [9.17, 15) is 27.9 Å². The molecule has 13 heteroatoms. The number of benzene rings is 2. The zero-order chi connectivity index (χ0) is 34.9. The minimum Gasteiger partial charge on any atom is -0.497 e. The molecular formula is C36H45F4N3O6. The highest BCUT2D eigenvalue weighted by atomic mass is 19.4. The topological polar surface area (TPSA) is 91.8 Å². The first kappa shape index (κ1) is 35.4. The molecule has 4 fully saturated rings. The number of hydrogen-bond donors (Lipinski definition) is 1. The lowest BCUT2D eigenvalue weighted by Gasteiger charge is -2.35. The van der Waals surface area contributed by atoms with E-state index in [2.05, 4.69) is 4.90 Å². The van der Waals surface area contributed by atoms with Gasteiger partial charge in [0.15, 0.2) is 0 Å². The summed E-state index contributed by atoms with van der Waals surface area (Å²) in [5.74, 6) is -2.98. The van der Waals surface area contributed by atoms with Crippen molar-refractivity contribution in [1.29, 1.82) is 0 Å². The highest BCUT2D eigenvalue weighted by Gasteiger charge is 2.47. The zero-order valence-electron chi connectivity index (χ0n) is 28.0. The number of rotatable bonds is 9. The molecule has 49 heavy (non-hydrogen) atoms. The molecule has 0 spiro atoms. The number of halogens is 4. The van der Waals surface area contributed by atoms with Gasteiger partial charge in [0.25, 0.3) is 0 Å². The van der Waals surface area contributed by atoms with Crippen molar-refractivity contribution in [3.63, 3.8) is 0 Å². The van der Waals surface area contributed by atoms with E-state index in [0.717, 1.165) is 25.0 Å². The number of alkyl halides is 3. The molecule has 4 saturated heterocycles. The van der Waals surface area contributed by atoms with Gasteiger partial charge in [-0.2, -0.15) is 13.2 Å². The summed E-state index contributed by atoms with van der Waals surface area (Å²) in [5, 5.41) is 9.50. The molecule has 4 heterocycles. The standard InChI is InChI=1S/C36H45F4N3O6/c1-47-21-23-17-43(18-29(23)28-5-3-24(36(38,39)40)15-33(28)41-11-7-22(8-12-41)35(45)46)34(44)31-20-42(25-9-13-49-14-10-25)19-30(31)27-6-4-26(48-2)16-32(27)37/h3-6,15-16,22-23,25,29-31H,7-14,17-21H2,1-2H3,(H,45,46)/t23-,29+,30+,31-/m1/s1. The third-order valence-corrected chi connectivity index (χ3v) is 11.1. The number of anilines is 1. The molecule has 268 valence electrons. The van der Waals surface area contributed by atoms with Crippen LogP contribution in [-0.4, -0.2) is 106 Å². The van der Waals surface area contributed by atoms with Crippen LogP contribution in [0.5, 0.6) is 5.75 Å². The number of carbonyl (C=O) groups excluding carboxylic acids is 1. The second kappa shape index (κ2) is 14.8. The van der Waals surface area contributed by atoms with Crippen molar-refractivity contribution in [2.45, 2.75) is 49.7 Å². The van der Waals surface area contributed by atoms with Gasteiger partial charge in [0.1, 0.15) is 11.6 Å². The average molecular weight is 692 g/mol. The number of nitrogens with zero attached hydrogens (tertiary/aromatic N) is 3. The number of carboxylic acids is 1. The molecule has 0 radical (unpaired) electrons. The number of aliphatic carboxylic acids is 1. The van der Waals surface area contributed by atoms with E-state index in [1.807, 2.05) is 4.90 Å². The Labute approximate surface area is 284 Å². The Morgan fingerprint density at radius 2 is 1.63 bits per heavy atom. The summed E-state index contributed by atoms with van der Waals surface area (Å²) < 4.78 is 73.8. The molecule has 2 aromatic rings. The number of likely N-dealkylation sites (tertiary alicyclic amines) is 2. The van der Waals surface area contributed by atoms with Crippen molar-refractivity contribution < 1.29 is 46.5 Å². The number of carboxylic acid groups (broad SMARTS) is 1. The van der Waals surface area contributed by atoms with Crippen LogP contribution in [0.3, 0.4) is 0 Å². The smallest absolute Gasteiger partial charge is 0.416 e. The van der Waals surface area contributed by atoms with E-state index in [1.54, 1.807) is 24.1 Å². The van der Waals surface area contributed by atoms with Crippen molar-refractivity contribution in [3.8, 4) is 5.75 Å². The lowest BCUT2D eigenvalue weighted by Crippen LogP contribution is -2.40. The summed E-state index contributed by atoms with van der Waals surface area (Å²) in [6, 6.07) is 8.75. The maximum atomic E-state index is 15.5. The quantitative estimate of drug-likeness (QED) is 0.358. The van der Waals surface area contributed by atoms with Gasteiger partial charge in [0, 0.05) is 95.1 Å². The molecule has 0 saturated carbocycles. The molecule has 4 atom stereocenters. The Kier molecular flexibility index (Phi) is 10.7. The van der Waals surface area contributed by atoms with E-state index in [-0.39, 0.29) is 30.3 Å². The summed E-state index contributed by atoms with van der Waals surface area (Å²) in [7, 11) is 3.04. The van der Waals surface area contributed by atoms with Crippen molar-refractivity contribution in [1.82, 2.24) is 9.80 Å². The summed E-state index contributed by atoms with van der Waals surface area (Å²) >= 11 is 0. The van der Waals surface area contributed by atoms with E-state index in [1.165, 1.54) is 19.2 Å². The van der Waals surface area contributed by atoms with Crippen LogP contribution in [-0.2, 0) is 25.2 Å². The first-order valence-electron chi connectivity index (χ1n) is 17.1. The maximum Gasteiger partial charge on any atom is 0.416 e. The molecule has 0 aliphatic carbocycles. The average Bonchev–Trinajstić information content (AvgIpc) is 3.73. The molecule has 4 aliphatic rings. The molecule has 4 aliphatic heterocycles. The van der Waals surface area contributed by atoms with Crippen molar-refractivity contribution in [2.24, 2.45) is 17.8 Å². The van der Waals surface area contributed by atoms with Gasteiger partial charge in [-0.25, -0.2) is 4.39 Å². The normalized spacial score (nSPS) is 26.0. The fourth-order valence-electron chi connectivity index (χ4n) is 8.38. The van der Waals surface area contributed by atoms with Crippen molar-refractivity contribution >= 4 is 17.6 Å². The number of carbonyl (C=O) groups is 2. The molecular weight excluding hydrogens is 646 g/mol. The van der Waals surface area contributed by atoms with Gasteiger partial charge in [-0.1, -0.05) is 12.1 Å². The third kappa shape index (κ3) is 7.53. The number of ether oxygens (including phenoxy) is 3. The number of methoxy groups -OCH3 is 2. The van der Waals surface area contributed by atoms with Gasteiger partial charge >= 0.3 is 12.1 Å². The summed E-state index contributed by atoms with van der Waals surface area (Å²) in [4.78, 5) is 32.1. The predicted molar refractivity (Wildman–Crippen MR) is 173 cm³/mol. The van der Waals surface area contributed by atoms with E-state index < -0.39 is 41.3 Å². The summed E-state index contributed by atoms with van der Waals surface area (Å²) in [5.41, 5.74) is 0.799. The fourth-order valence-corrected chi connectivity index (χ4v) is 8.38. The minimum atomic E-state index is -4.55. The summed E-state index contributed by atoms with van der Waals surface area (Å²) in [6.45, 7) is 3.83. The SMILES string of the molecule is COC[C@H]1CN(C(=O)[C@@H]2CN(C3CCOCC3)C[C@H]2c2ccc(OC)cc2F)C[C@@H]1c1ccc(C(F)(F)F)cc1N1CCC(C(=O)O)CC1. The Bertz CT molecular complexity index is 1490. The van der Waals surface area contributed by atoms with Gasteiger partial charge in [-0.05, 0) is 55.0 Å². The van der Waals surface area contributed by atoms with Gasteiger partial charge in [-0.15, -0.1) is 0 Å². The minimum absolute atomic E-state index is 0.103. The maximum absolute atomic E-state index is 15.5. The highest BCUT2D eigenvalue weighted by molar-refractivity contribution is 5.81. The molecule has 0 bridgehead atoms. The number of amides is 1. The molecule has 1 N–H and O–H groups in total. The van der Waals surface area contributed by atoms with Gasteiger partial charge < -0.3 is 29.1 Å². The fraction of sp³-hybridized carbons (Fsp3) is 0.611. The zero-order valence-corrected chi connectivity index (χ0v) is 28.0. The van der Waals surface area contributed by atoms with Crippen LogP contribution in [0.15, 0.2) is 36.4 Å². The number of hydrogen-bond acceptors (Lipinski definition) is 7. The Morgan fingerprint density at radius 3 is 2.27 bits per heavy atom. The third-order valence-electron chi connectivity index (χ3n) is 11.1. The lowest BCUT2D eigenvalue weighted by atomic mass is 9.86. The van der Waals surface area contributed by atoms with Crippen molar-refractivity contribution in [3.05, 3.63) is 58.9 Å². The van der Waals surface area contributed by atoms with Crippen LogP contribution >= 0.6 is 0 Å². The first-order chi connectivity index (χ1) is 23.5. The Hall–Kier alpha value is -3.42. The van der Waals surface area contributed by atoms with E-state index in [4.69, 9.17) is 14.2 Å². The molecule has 6 rings (SSSR count). The van der Waals surface area contributed by atoms with Crippen molar-refractivity contribution in [2.75, 3.05) is 78.2 Å². The van der Waals surface area contributed by atoms with Gasteiger partial charge in [0.2, 0.25) is 5.91 Å². The van der Waals surface area contributed by atoms with Crippen LogP contribution in [0.25, 0.3) is 0 Å². The molecule has 0 unspecified atom stereocenters. The van der Waals surface area contributed by atoms with Crippen LogP contribution in [0, 0.1) is 23.6 Å². The Balaban J connectivity index is 1.30. The molecule has 2 aromatic carbocycles. The van der Waals surface area contributed by atoms with Crippen LogP contribution in [0.4, 0.5) is 23.2 Å². The highest BCUT2D eigenvalue weighted by Crippen LogP contribution is 2.44. The first-order valence-corrected chi connectivity index (χ1v) is 17.1.